The Balaban J connectivity index is 2.50. The summed E-state index contributed by atoms with van der Waals surface area (Å²) in [4.78, 5) is 3.41. The standard InChI is InChI=1S/C7H11BrN2S/c1-10(5-9)4-6-2-3-7(8)11-6/h2-3H,4-5,9H2,1H3. The molecule has 0 unspecified atom stereocenters. The Morgan fingerprint density at radius 3 is 2.82 bits per heavy atom. The third kappa shape index (κ3) is 2.91. The first-order valence-corrected chi connectivity index (χ1v) is 4.96. The summed E-state index contributed by atoms with van der Waals surface area (Å²) in [5, 5.41) is 0. The molecule has 4 heteroatoms. The Hall–Kier alpha value is 0.1000. The highest BCUT2D eigenvalue weighted by Gasteiger charge is 1.99. The molecule has 0 bridgehead atoms. The maximum atomic E-state index is 5.45. The van der Waals surface area contributed by atoms with E-state index in [4.69, 9.17) is 5.73 Å². The molecule has 0 amide bonds. The van der Waals surface area contributed by atoms with Crippen LogP contribution in [0.3, 0.4) is 0 Å². The van der Waals surface area contributed by atoms with Crippen LogP contribution in [0.4, 0.5) is 0 Å². The first-order chi connectivity index (χ1) is 5.22. The molecule has 62 valence electrons. The molecule has 0 saturated heterocycles. The van der Waals surface area contributed by atoms with Crippen LogP contribution in [0.1, 0.15) is 4.88 Å². The Morgan fingerprint density at radius 2 is 2.36 bits per heavy atom. The number of nitrogens with two attached hydrogens (primary N) is 1. The first kappa shape index (κ1) is 9.19. The van der Waals surface area contributed by atoms with Gasteiger partial charge in [-0.3, -0.25) is 4.90 Å². The van der Waals surface area contributed by atoms with Crippen LogP contribution in [-0.4, -0.2) is 18.6 Å². The van der Waals surface area contributed by atoms with E-state index >= 15 is 0 Å². The Bertz CT molecular complexity index is 224. The summed E-state index contributed by atoms with van der Waals surface area (Å²) in [5.74, 6) is 0. The molecule has 0 aromatic carbocycles. The second-order valence-corrected chi connectivity index (χ2v) is 4.95. The molecule has 0 saturated carbocycles. The molecular formula is C7H11BrN2S. The van der Waals surface area contributed by atoms with Gasteiger partial charge in [0.1, 0.15) is 0 Å². The van der Waals surface area contributed by atoms with Crippen LogP contribution in [-0.2, 0) is 6.54 Å². The van der Waals surface area contributed by atoms with Crippen LogP contribution in [0, 0.1) is 0 Å². The lowest BCUT2D eigenvalue weighted by Crippen LogP contribution is -2.24. The van der Waals surface area contributed by atoms with Gasteiger partial charge in [-0.2, -0.15) is 0 Å². The van der Waals surface area contributed by atoms with Crippen LogP contribution in [0.2, 0.25) is 0 Å². The first-order valence-electron chi connectivity index (χ1n) is 3.35. The van der Waals surface area contributed by atoms with Gasteiger partial charge in [-0.25, -0.2) is 0 Å². The lowest BCUT2D eigenvalue weighted by atomic mass is 10.4. The van der Waals surface area contributed by atoms with Crippen molar-refractivity contribution in [3.63, 3.8) is 0 Å². The van der Waals surface area contributed by atoms with Gasteiger partial charge >= 0.3 is 0 Å². The second-order valence-electron chi connectivity index (χ2n) is 2.40. The summed E-state index contributed by atoms with van der Waals surface area (Å²) in [7, 11) is 2.01. The zero-order valence-corrected chi connectivity index (χ0v) is 8.78. The van der Waals surface area contributed by atoms with Gasteiger partial charge in [0.25, 0.3) is 0 Å². The SMILES string of the molecule is CN(CN)Cc1ccc(Br)s1. The quantitative estimate of drug-likeness (QED) is 0.810. The van der Waals surface area contributed by atoms with Crippen molar-refractivity contribution in [2.24, 2.45) is 5.73 Å². The van der Waals surface area contributed by atoms with E-state index in [0.717, 1.165) is 6.54 Å². The van der Waals surface area contributed by atoms with Crippen molar-refractivity contribution in [1.82, 2.24) is 4.90 Å². The summed E-state index contributed by atoms with van der Waals surface area (Å²) in [5.41, 5.74) is 5.45. The summed E-state index contributed by atoms with van der Waals surface area (Å²) >= 11 is 5.16. The number of hydrogen-bond acceptors (Lipinski definition) is 3. The molecule has 1 rings (SSSR count). The van der Waals surface area contributed by atoms with E-state index in [1.54, 1.807) is 11.3 Å². The minimum Gasteiger partial charge on any atom is -0.318 e. The fraction of sp³-hybridized carbons (Fsp3) is 0.429. The van der Waals surface area contributed by atoms with Gasteiger partial charge in [0.2, 0.25) is 0 Å². The average Bonchev–Trinajstić information content (AvgIpc) is 2.35. The van der Waals surface area contributed by atoms with Crippen molar-refractivity contribution in [3.8, 4) is 0 Å². The largest absolute Gasteiger partial charge is 0.318 e. The van der Waals surface area contributed by atoms with Crippen molar-refractivity contribution in [1.29, 1.82) is 0 Å². The Kier molecular flexibility index (Phi) is 3.51. The molecule has 1 aromatic rings. The molecular weight excluding hydrogens is 224 g/mol. The predicted octanol–water partition coefficient (Wildman–Crippen LogP) is 1.86. The molecule has 1 aromatic heterocycles. The lowest BCUT2D eigenvalue weighted by Gasteiger charge is -2.10. The minimum atomic E-state index is 0.607. The van der Waals surface area contributed by atoms with Crippen molar-refractivity contribution in [2.75, 3.05) is 13.7 Å². The van der Waals surface area contributed by atoms with Crippen LogP contribution in [0.25, 0.3) is 0 Å². The molecule has 0 radical (unpaired) electrons. The summed E-state index contributed by atoms with van der Waals surface area (Å²) in [6.45, 7) is 1.54. The van der Waals surface area contributed by atoms with Crippen LogP contribution >= 0.6 is 27.3 Å². The maximum Gasteiger partial charge on any atom is 0.0701 e. The molecule has 2 N–H and O–H groups in total. The van der Waals surface area contributed by atoms with Gasteiger partial charge in [0, 0.05) is 18.1 Å². The molecule has 0 atom stereocenters. The summed E-state index contributed by atoms with van der Waals surface area (Å²) in [6.07, 6.45) is 0. The number of hydrogen-bond donors (Lipinski definition) is 1. The number of thiophene rings is 1. The number of halogens is 1. The Morgan fingerprint density at radius 1 is 1.64 bits per heavy atom. The molecule has 0 fully saturated rings. The van der Waals surface area contributed by atoms with Gasteiger partial charge in [0.05, 0.1) is 3.79 Å². The average molecular weight is 235 g/mol. The molecule has 1 heterocycles. The molecule has 0 aliphatic heterocycles. The van der Waals surface area contributed by atoms with E-state index in [2.05, 4.69) is 33.0 Å². The molecule has 11 heavy (non-hydrogen) atoms. The normalized spacial score (nSPS) is 10.9. The zero-order chi connectivity index (χ0) is 8.27. The highest BCUT2D eigenvalue weighted by molar-refractivity contribution is 9.11. The third-order valence-corrected chi connectivity index (χ3v) is 2.97. The second kappa shape index (κ2) is 4.21. The van der Waals surface area contributed by atoms with Gasteiger partial charge in [0.15, 0.2) is 0 Å². The van der Waals surface area contributed by atoms with Crippen LogP contribution in [0.5, 0.6) is 0 Å². The summed E-state index contributed by atoms with van der Waals surface area (Å²) < 4.78 is 1.18. The van der Waals surface area contributed by atoms with Gasteiger partial charge in [-0.15, -0.1) is 11.3 Å². The van der Waals surface area contributed by atoms with E-state index in [0.29, 0.717) is 6.67 Å². The highest BCUT2D eigenvalue weighted by Crippen LogP contribution is 2.22. The highest BCUT2D eigenvalue weighted by atomic mass is 79.9. The topological polar surface area (TPSA) is 29.3 Å². The van der Waals surface area contributed by atoms with Gasteiger partial charge in [-0.1, -0.05) is 0 Å². The fourth-order valence-corrected chi connectivity index (χ4v) is 2.33. The smallest absolute Gasteiger partial charge is 0.0701 e. The number of nitrogens with zero attached hydrogens (tertiary/aromatic N) is 1. The third-order valence-electron chi connectivity index (χ3n) is 1.37. The zero-order valence-electron chi connectivity index (χ0n) is 6.38. The lowest BCUT2D eigenvalue weighted by molar-refractivity contribution is 0.340. The fourth-order valence-electron chi connectivity index (χ4n) is 0.767. The van der Waals surface area contributed by atoms with Gasteiger partial charge < -0.3 is 5.73 Å². The van der Waals surface area contributed by atoms with Crippen molar-refractivity contribution in [3.05, 3.63) is 20.8 Å². The summed E-state index contributed by atoms with van der Waals surface area (Å²) in [6, 6.07) is 4.17. The van der Waals surface area contributed by atoms with Crippen LogP contribution < -0.4 is 5.73 Å². The molecule has 0 aliphatic rings. The molecule has 0 spiro atoms. The molecule has 0 aliphatic carbocycles. The van der Waals surface area contributed by atoms with E-state index in [1.165, 1.54) is 8.66 Å². The van der Waals surface area contributed by atoms with E-state index in [1.807, 2.05) is 7.05 Å². The maximum absolute atomic E-state index is 5.45. The van der Waals surface area contributed by atoms with Gasteiger partial charge in [-0.05, 0) is 35.1 Å². The van der Waals surface area contributed by atoms with Crippen molar-refractivity contribution in [2.45, 2.75) is 6.54 Å². The number of rotatable bonds is 3. The Labute approximate surface area is 79.1 Å². The minimum absolute atomic E-state index is 0.607. The van der Waals surface area contributed by atoms with Crippen molar-refractivity contribution < 1.29 is 0 Å². The monoisotopic (exact) mass is 234 g/mol. The van der Waals surface area contributed by atoms with Crippen LogP contribution in [0.15, 0.2) is 15.9 Å². The predicted molar refractivity (Wildman–Crippen MR) is 52.5 cm³/mol. The van der Waals surface area contributed by atoms with E-state index in [9.17, 15) is 0 Å². The molecule has 2 nitrogen and oxygen atoms in total. The van der Waals surface area contributed by atoms with Crippen molar-refractivity contribution >= 4 is 27.3 Å². The van der Waals surface area contributed by atoms with E-state index in [-0.39, 0.29) is 0 Å². The van der Waals surface area contributed by atoms with E-state index < -0.39 is 0 Å².